The summed E-state index contributed by atoms with van der Waals surface area (Å²) in [5.41, 5.74) is 6.01. The molecule has 0 saturated heterocycles. The van der Waals surface area contributed by atoms with Crippen LogP contribution >= 0.6 is 0 Å². The first-order valence-corrected chi connectivity index (χ1v) is 7.49. The second-order valence-electron chi connectivity index (χ2n) is 4.05. The molecule has 0 unspecified atom stereocenters. The molecule has 2 N–H and O–H groups in total. The summed E-state index contributed by atoms with van der Waals surface area (Å²) in [5, 5.41) is 0. The lowest BCUT2D eigenvalue weighted by atomic mass is 10.3. The number of sulfone groups is 1. The third-order valence-corrected chi connectivity index (χ3v) is 4.26. The highest BCUT2D eigenvalue weighted by molar-refractivity contribution is 7.91. The van der Waals surface area contributed by atoms with Gasteiger partial charge in [-0.15, -0.1) is 0 Å². The third-order valence-electron chi connectivity index (χ3n) is 2.58. The smallest absolute Gasteiger partial charge is 0.181 e. The van der Waals surface area contributed by atoms with Crippen LogP contribution in [0.2, 0.25) is 0 Å². The van der Waals surface area contributed by atoms with E-state index in [4.69, 9.17) is 10.5 Å². The molecule has 4 nitrogen and oxygen atoms in total. The maximum atomic E-state index is 12.0. The summed E-state index contributed by atoms with van der Waals surface area (Å²) in [4.78, 5) is 0.226. The fourth-order valence-corrected chi connectivity index (χ4v) is 2.75. The van der Waals surface area contributed by atoms with Gasteiger partial charge in [0.1, 0.15) is 12.4 Å². The summed E-state index contributed by atoms with van der Waals surface area (Å²) >= 11 is 0. The van der Waals surface area contributed by atoms with Crippen molar-refractivity contribution in [1.29, 1.82) is 0 Å². The topological polar surface area (TPSA) is 69.4 Å². The molecular weight excluding hydrogens is 262 g/mol. The van der Waals surface area contributed by atoms with Crippen molar-refractivity contribution in [2.75, 3.05) is 18.1 Å². The maximum absolute atomic E-state index is 12.0. The average Bonchev–Trinajstić information content (AvgIpc) is 2.40. The van der Waals surface area contributed by atoms with Crippen molar-refractivity contribution in [2.45, 2.75) is 4.90 Å². The zero-order valence-electron chi connectivity index (χ0n) is 10.3. The highest BCUT2D eigenvalue weighted by atomic mass is 32.2. The van der Waals surface area contributed by atoms with Crippen LogP contribution in [0.3, 0.4) is 0 Å². The molecule has 0 atom stereocenters. The SMILES string of the molecule is Nc1cccc(S(=O)(=O)CCOc2ccccc2)c1. The number of nitrogen functional groups attached to an aromatic ring is 1. The minimum Gasteiger partial charge on any atom is -0.493 e. The van der Waals surface area contributed by atoms with Crippen molar-refractivity contribution in [3.05, 3.63) is 54.6 Å². The molecule has 0 aliphatic heterocycles. The lowest BCUT2D eigenvalue weighted by Crippen LogP contribution is -2.14. The van der Waals surface area contributed by atoms with Gasteiger partial charge >= 0.3 is 0 Å². The Morgan fingerprint density at radius 1 is 1.00 bits per heavy atom. The predicted molar refractivity (Wildman–Crippen MR) is 74.8 cm³/mol. The fourth-order valence-electron chi connectivity index (χ4n) is 1.61. The number of hydrogen-bond acceptors (Lipinski definition) is 4. The fraction of sp³-hybridized carbons (Fsp3) is 0.143. The van der Waals surface area contributed by atoms with Crippen molar-refractivity contribution < 1.29 is 13.2 Å². The van der Waals surface area contributed by atoms with Gasteiger partial charge in [0, 0.05) is 5.69 Å². The van der Waals surface area contributed by atoms with Gasteiger partial charge in [0.2, 0.25) is 0 Å². The quantitative estimate of drug-likeness (QED) is 0.850. The van der Waals surface area contributed by atoms with Crippen LogP contribution in [0.15, 0.2) is 59.5 Å². The van der Waals surface area contributed by atoms with E-state index in [1.54, 1.807) is 24.3 Å². The van der Waals surface area contributed by atoms with Gasteiger partial charge in [-0.25, -0.2) is 8.42 Å². The Hall–Kier alpha value is -2.01. The van der Waals surface area contributed by atoms with Crippen LogP contribution in [-0.2, 0) is 9.84 Å². The summed E-state index contributed by atoms with van der Waals surface area (Å²) in [6.45, 7) is 0.112. The summed E-state index contributed by atoms with van der Waals surface area (Å²) in [6, 6.07) is 15.4. The van der Waals surface area contributed by atoms with Crippen LogP contribution in [0, 0.1) is 0 Å². The Bertz CT molecular complexity index is 639. The second kappa shape index (κ2) is 5.75. The summed E-state index contributed by atoms with van der Waals surface area (Å²) in [5.74, 6) is 0.580. The first kappa shape index (κ1) is 13.4. The maximum Gasteiger partial charge on any atom is 0.181 e. The van der Waals surface area contributed by atoms with Crippen LogP contribution in [0.4, 0.5) is 5.69 Å². The molecule has 2 rings (SSSR count). The Morgan fingerprint density at radius 2 is 1.74 bits per heavy atom. The van der Waals surface area contributed by atoms with E-state index in [2.05, 4.69) is 0 Å². The molecule has 0 amide bonds. The molecule has 100 valence electrons. The number of anilines is 1. The van der Waals surface area contributed by atoms with Gasteiger partial charge < -0.3 is 10.5 Å². The molecule has 0 bridgehead atoms. The van der Waals surface area contributed by atoms with Crippen LogP contribution in [0.25, 0.3) is 0 Å². The molecule has 0 spiro atoms. The van der Waals surface area contributed by atoms with Gasteiger partial charge in [0.25, 0.3) is 0 Å². The van der Waals surface area contributed by atoms with E-state index in [9.17, 15) is 8.42 Å². The lowest BCUT2D eigenvalue weighted by Gasteiger charge is -2.07. The van der Waals surface area contributed by atoms with Crippen LogP contribution < -0.4 is 10.5 Å². The highest BCUT2D eigenvalue weighted by Gasteiger charge is 2.14. The van der Waals surface area contributed by atoms with Crippen molar-refractivity contribution in [3.8, 4) is 5.75 Å². The molecule has 0 fully saturated rings. The van der Waals surface area contributed by atoms with E-state index in [0.29, 0.717) is 11.4 Å². The van der Waals surface area contributed by atoms with Crippen LogP contribution in [0.1, 0.15) is 0 Å². The lowest BCUT2D eigenvalue weighted by molar-refractivity contribution is 0.341. The van der Waals surface area contributed by atoms with Gasteiger partial charge in [-0.1, -0.05) is 24.3 Å². The number of hydrogen-bond donors (Lipinski definition) is 1. The van der Waals surface area contributed by atoms with E-state index in [1.165, 1.54) is 12.1 Å². The van der Waals surface area contributed by atoms with E-state index in [0.717, 1.165) is 0 Å². The zero-order chi connectivity index (χ0) is 13.7. The molecular formula is C14H15NO3S. The number of para-hydroxylation sites is 1. The first-order chi connectivity index (χ1) is 9.08. The van der Waals surface area contributed by atoms with E-state index in [1.807, 2.05) is 18.2 Å². The Kier molecular flexibility index (Phi) is 4.06. The van der Waals surface area contributed by atoms with Gasteiger partial charge in [-0.2, -0.15) is 0 Å². The minimum absolute atomic E-state index is 0.0780. The summed E-state index contributed by atoms with van der Waals surface area (Å²) in [7, 11) is -3.36. The molecule has 19 heavy (non-hydrogen) atoms. The zero-order valence-corrected chi connectivity index (χ0v) is 11.1. The largest absolute Gasteiger partial charge is 0.493 e. The molecule has 0 saturated carbocycles. The Labute approximate surface area is 112 Å². The van der Waals surface area contributed by atoms with Crippen molar-refractivity contribution in [1.82, 2.24) is 0 Å². The van der Waals surface area contributed by atoms with E-state index >= 15 is 0 Å². The van der Waals surface area contributed by atoms with Crippen LogP contribution in [-0.4, -0.2) is 20.8 Å². The number of ether oxygens (including phenoxy) is 1. The Balaban J connectivity index is 1.99. The summed E-state index contributed by atoms with van der Waals surface area (Å²) < 4.78 is 29.5. The standard InChI is InChI=1S/C14H15NO3S/c15-12-5-4-8-14(11-12)19(16,17)10-9-18-13-6-2-1-3-7-13/h1-8,11H,9-10,15H2. The van der Waals surface area contributed by atoms with E-state index in [-0.39, 0.29) is 17.3 Å². The summed E-state index contributed by atoms with van der Waals surface area (Å²) in [6.07, 6.45) is 0. The van der Waals surface area contributed by atoms with Crippen molar-refractivity contribution in [2.24, 2.45) is 0 Å². The molecule has 0 heterocycles. The molecule has 5 heteroatoms. The second-order valence-corrected chi connectivity index (χ2v) is 6.16. The van der Waals surface area contributed by atoms with Crippen molar-refractivity contribution in [3.63, 3.8) is 0 Å². The molecule has 2 aromatic rings. The molecule has 0 aliphatic carbocycles. The molecule has 2 aromatic carbocycles. The van der Waals surface area contributed by atoms with Crippen molar-refractivity contribution >= 4 is 15.5 Å². The normalized spacial score (nSPS) is 11.2. The molecule has 0 radical (unpaired) electrons. The predicted octanol–water partition coefficient (Wildman–Crippen LogP) is 2.12. The highest BCUT2D eigenvalue weighted by Crippen LogP contribution is 2.15. The van der Waals surface area contributed by atoms with Gasteiger partial charge in [-0.3, -0.25) is 0 Å². The Morgan fingerprint density at radius 3 is 2.42 bits per heavy atom. The minimum atomic E-state index is -3.36. The van der Waals surface area contributed by atoms with Gasteiger partial charge in [-0.05, 0) is 30.3 Å². The number of rotatable bonds is 5. The van der Waals surface area contributed by atoms with E-state index < -0.39 is 9.84 Å². The molecule has 0 aromatic heterocycles. The van der Waals surface area contributed by atoms with Gasteiger partial charge in [0.15, 0.2) is 9.84 Å². The monoisotopic (exact) mass is 277 g/mol. The number of nitrogens with two attached hydrogens (primary N) is 1. The number of benzene rings is 2. The van der Waals surface area contributed by atoms with Crippen LogP contribution in [0.5, 0.6) is 5.75 Å². The van der Waals surface area contributed by atoms with Gasteiger partial charge in [0.05, 0.1) is 10.6 Å². The first-order valence-electron chi connectivity index (χ1n) is 5.84. The average molecular weight is 277 g/mol. The molecule has 0 aliphatic rings. The third kappa shape index (κ3) is 3.72.